The normalized spacial score (nSPS) is 12.1. The number of likely N-dealkylation sites (N-methyl/N-ethyl adjacent to an activating group) is 1. The van der Waals surface area contributed by atoms with Crippen LogP contribution in [0.15, 0.2) is 30.6 Å². The minimum absolute atomic E-state index is 0.0691. The highest BCUT2D eigenvalue weighted by Gasteiger charge is 2.20. The summed E-state index contributed by atoms with van der Waals surface area (Å²) in [5.41, 5.74) is 8.06. The monoisotopic (exact) mass is 258 g/mol. The Kier molecular flexibility index (Phi) is 3.62. The molecule has 0 aliphatic rings. The Hall–Kier alpha value is -1.81. The molecule has 2 rings (SSSR count). The molecule has 0 amide bonds. The van der Waals surface area contributed by atoms with Crippen molar-refractivity contribution in [1.29, 1.82) is 0 Å². The van der Waals surface area contributed by atoms with Crippen molar-refractivity contribution in [2.45, 2.75) is 19.4 Å². The van der Waals surface area contributed by atoms with Gasteiger partial charge < -0.3 is 16.0 Å². The molecule has 0 spiro atoms. The Morgan fingerprint density at radius 2 is 2.00 bits per heavy atom. The lowest BCUT2D eigenvalue weighted by Crippen LogP contribution is -2.44. The second kappa shape index (κ2) is 5.05. The van der Waals surface area contributed by atoms with E-state index in [0.29, 0.717) is 0 Å². The molecule has 0 unspecified atom stereocenters. The minimum Gasteiger partial charge on any atom is -0.397 e. The summed E-state index contributed by atoms with van der Waals surface area (Å²) < 4.78 is 0. The van der Waals surface area contributed by atoms with E-state index < -0.39 is 0 Å². The van der Waals surface area contributed by atoms with Gasteiger partial charge in [0.1, 0.15) is 0 Å². The van der Waals surface area contributed by atoms with Crippen LogP contribution in [0.1, 0.15) is 13.8 Å². The molecule has 2 aromatic rings. The number of rotatable bonds is 4. The van der Waals surface area contributed by atoms with Gasteiger partial charge in [0.2, 0.25) is 0 Å². The number of nitrogens with zero attached hydrogens (tertiary/aromatic N) is 2. The van der Waals surface area contributed by atoms with Crippen LogP contribution < -0.4 is 11.1 Å². The number of pyridine rings is 1. The summed E-state index contributed by atoms with van der Waals surface area (Å²) in [6.45, 7) is 5.23. The molecule has 1 heterocycles. The van der Waals surface area contributed by atoms with Crippen molar-refractivity contribution in [1.82, 2.24) is 9.88 Å². The zero-order valence-corrected chi connectivity index (χ0v) is 12.1. The number of nitrogens with two attached hydrogens (primary N) is 1. The molecule has 1 aromatic heterocycles. The highest BCUT2D eigenvalue weighted by atomic mass is 15.2. The van der Waals surface area contributed by atoms with Gasteiger partial charge in [0.25, 0.3) is 0 Å². The van der Waals surface area contributed by atoms with Crippen LogP contribution in [-0.2, 0) is 0 Å². The molecule has 0 aliphatic heterocycles. The second-order valence-corrected chi connectivity index (χ2v) is 5.68. The van der Waals surface area contributed by atoms with Crippen LogP contribution in [0.4, 0.5) is 11.4 Å². The molecule has 0 atom stereocenters. The Morgan fingerprint density at radius 3 is 2.68 bits per heavy atom. The molecule has 4 nitrogen and oxygen atoms in total. The van der Waals surface area contributed by atoms with Crippen LogP contribution >= 0.6 is 0 Å². The first-order valence-corrected chi connectivity index (χ1v) is 6.45. The zero-order chi connectivity index (χ0) is 14.0. The van der Waals surface area contributed by atoms with Crippen molar-refractivity contribution in [3.63, 3.8) is 0 Å². The molecule has 0 radical (unpaired) electrons. The van der Waals surface area contributed by atoms with E-state index >= 15 is 0 Å². The maximum Gasteiger partial charge on any atom is 0.0630 e. The number of nitrogen functional groups attached to an aromatic ring is 1. The summed E-state index contributed by atoms with van der Waals surface area (Å²) in [6.07, 6.45) is 3.60. The van der Waals surface area contributed by atoms with Gasteiger partial charge in [0, 0.05) is 35.2 Å². The lowest BCUT2D eigenvalue weighted by molar-refractivity contribution is 0.210. The summed E-state index contributed by atoms with van der Waals surface area (Å²) >= 11 is 0. The van der Waals surface area contributed by atoms with Crippen molar-refractivity contribution >= 4 is 22.1 Å². The Balaban J connectivity index is 2.25. The molecular formula is C15H22N4. The first kappa shape index (κ1) is 13.6. The van der Waals surface area contributed by atoms with Crippen LogP contribution in [0, 0.1) is 0 Å². The third-order valence-corrected chi connectivity index (χ3v) is 3.78. The van der Waals surface area contributed by atoms with Gasteiger partial charge in [0.15, 0.2) is 0 Å². The predicted molar refractivity (Wildman–Crippen MR) is 82.4 cm³/mol. The topological polar surface area (TPSA) is 54.2 Å². The second-order valence-electron chi connectivity index (χ2n) is 5.68. The van der Waals surface area contributed by atoms with Crippen molar-refractivity contribution in [3.05, 3.63) is 30.6 Å². The fraction of sp³-hybridized carbons (Fsp3) is 0.400. The lowest BCUT2D eigenvalue weighted by atomic mass is 10.0. The third kappa shape index (κ3) is 2.79. The number of benzene rings is 1. The van der Waals surface area contributed by atoms with Gasteiger partial charge in [-0.2, -0.15) is 0 Å². The van der Waals surface area contributed by atoms with E-state index in [4.69, 9.17) is 5.73 Å². The largest absolute Gasteiger partial charge is 0.397 e. The van der Waals surface area contributed by atoms with Crippen LogP contribution in [0.25, 0.3) is 10.8 Å². The summed E-state index contributed by atoms with van der Waals surface area (Å²) in [5, 5.41) is 5.55. The standard InChI is InChI=1S/C15H22N4/c1-15(2,19(3)4)10-18-13-6-5-11-9-17-8-7-12(11)14(13)16/h5-9,18H,10,16H2,1-4H3. The van der Waals surface area contributed by atoms with Gasteiger partial charge in [-0.1, -0.05) is 6.07 Å². The molecule has 0 saturated heterocycles. The van der Waals surface area contributed by atoms with E-state index in [9.17, 15) is 0 Å². The van der Waals surface area contributed by atoms with E-state index in [1.54, 1.807) is 6.20 Å². The molecule has 0 aliphatic carbocycles. The maximum atomic E-state index is 6.22. The molecular weight excluding hydrogens is 236 g/mol. The molecule has 102 valence electrons. The highest BCUT2D eigenvalue weighted by Crippen LogP contribution is 2.28. The Morgan fingerprint density at radius 1 is 1.26 bits per heavy atom. The number of hydrogen-bond donors (Lipinski definition) is 2. The van der Waals surface area contributed by atoms with Crippen molar-refractivity contribution in [2.75, 3.05) is 31.7 Å². The molecule has 19 heavy (non-hydrogen) atoms. The molecule has 3 N–H and O–H groups in total. The number of fused-ring (bicyclic) bond motifs is 1. The van der Waals surface area contributed by atoms with Crippen LogP contribution in [0.3, 0.4) is 0 Å². The van der Waals surface area contributed by atoms with Crippen LogP contribution in [0.2, 0.25) is 0 Å². The minimum atomic E-state index is 0.0691. The van der Waals surface area contributed by atoms with E-state index in [-0.39, 0.29) is 5.54 Å². The van der Waals surface area contributed by atoms with Crippen LogP contribution in [-0.4, -0.2) is 36.1 Å². The van der Waals surface area contributed by atoms with E-state index in [1.165, 1.54) is 0 Å². The summed E-state index contributed by atoms with van der Waals surface area (Å²) in [5.74, 6) is 0. The lowest BCUT2D eigenvalue weighted by Gasteiger charge is -2.33. The Bertz CT molecular complexity index is 575. The maximum absolute atomic E-state index is 6.22. The summed E-state index contributed by atoms with van der Waals surface area (Å²) in [7, 11) is 4.16. The quantitative estimate of drug-likeness (QED) is 0.828. The zero-order valence-electron chi connectivity index (χ0n) is 12.1. The number of hydrogen-bond acceptors (Lipinski definition) is 4. The Labute approximate surface area is 114 Å². The van der Waals surface area contributed by atoms with E-state index in [0.717, 1.165) is 28.7 Å². The van der Waals surface area contributed by atoms with Crippen molar-refractivity contribution in [3.8, 4) is 0 Å². The summed E-state index contributed by atoms with van der Waals surface area (Å²) in [4.78, 5) is 6.31. The molecule has 0 bridgehead atoms. The third-order valence-electron chi connectivity index (χ3n) is 3.78. The highest BCUT2D eigenvalue weighted by molar-refractivity contribution is 5.98. The van der Waals surface area contributed by atoms with Crippen molar-refractivity contribution < 1.29 is 0 Å². The predicted octanol–water partition coefficient (Wildman–Crippen LogP) is 2.57. The fourth-order valence-corrected chi connectivity index (χ4v) is 1.82. The van der Waals surface area contributed by atoms with E-state index in [2.05, 4.69) is 43.1 Å². The average molecular weight is 258 g/mol. The van der Waals surface area contributed by atoms with E-state index in [1.807, 2.05) is 24.4 Å². The summed E-state index contributed by atoms with van der Waals surface area (Å²) in [6, 6.07) is 6.02. The van der Waals surface area contributed by atoms with Crippen molar-refractivity contribution in [2.24, 2.45) is 0 Å². The first-order chi connectivity index (χ1) is 8.92. The average Bonchev–Trinajstić information content (AvgIpc) is 2.38. The molecule has 0 saturated carbocycles. The SMILES string of the molecule is CN(C)C(C)(C)CNc1ccc2cnccc2c1N. The number of aromatic nitrogens is 1. The number of nitrogens with one attached hydrogen (secondary N) is 1. The molecule has 4 heteroatoms. The van der Waals surface area contributed by atoms with Gasteiger partial charge in [-0.05, 0) is 40.1 Å². The van der Waals surface area contributed by atoms with Gasteiger partial charge in [-0.15, -0.1) is 0 Å². The van der Waals surface area contributed by atoms with Gasteiger partial charge in [-0.25, -0.2) is 0 Å². The van der Waals surface area contributed by atoms with Gasteiger partial charge >= 0.3 is 0 Å². The smallest absolute Gasteiger partial charge is 0.0630 e. The van der Waals surface area contributed by atoms with Gasteiger partial charge in [-0.3, -0.25) is 4.98 Å². The van der Waals surface area contributed by atoms with Crippen LogP contribution in [0.5, 0.6) is 0 Å². The first-order valence-electron chi connectivity index (χ1n) is 6.45. The van der Waals surface area contributed by atoms with Gasteiger partial charge in [0.05, 0.1) is 11.4 Å². The molecule has 0 fully saturated rings. The number of anilines is 2. The fourth-order valence-electron chi connectivity index (χ4n) is 1.82. The molecule has 1 aromatic carbocycles.